The van der Waals surface area contributed by atoms with Gasteiger partial charge in [-0.05, 0) is 50.6 Å². The molecule has 0 aliphatic heterocycles. The predicted molar refractivity (Wildman–Crippen MR) is 163 cm³/mol. The molecule has 3 heterocycles. The molecule has 44 heavy (non-hydrogen) atoms. The minimum Gasteiger partial charge on any atom is -0.462 e. The summed E-state index contributed by atoms with van der Waals surface area (Å²) in [6.07, 6.45) is 4.84. The zero-order chi connectivity index (χ0) is 31.7. The summed E-state index contributed by atoms with van der Waals surface area (Å²) >= 11 is 0. The highest BCUT2D eigenvalue weighted by atomic mass is 16.6. The number of amides is 3. The Labute approximate surface area is 249 Å². The van der Waals surface area contributed by atoms with Gasteiger partial charge in [0, 0.05) is 36.7 Å². The number of nitro groups is 1. The summed E-state index contributed by atoms with van der Waals surface area (Å²) in [4.78, 5) is 52.7. The lowest BCUT2D eigenvalue weighted by atomic mass is 10.1. The second-order valence-corrected chi connectivity index (χ2v) is 9.97. The average Bonchev–Trinajstić information content (AvgIpc) is 3.69. The highest BCUT2D eigenvalue weighted by Gasteiger charge is 2.24. The van der Waals surface area contributed by atoms with E-state index in [1.807, 2.05) is 13.8 Å². The summed E-state index contributed by atoms with van der Waals surface area (Å²) in [7, 11) is 0. The molecule has 0 saturated heterocycles. The number of aromatic nitrogens is 4. The summed E-state index contributed by atoms with van der Waals surface area (Å²) < 4.78 is 8.82. The number of nitrogens with zero attached hydrogens (tertiary/aromatic N) is 5. The van der Waals surface area contributed by atoms with Gasteiger partial charge in [-0.2, -0.15) is 5.10 Å². The molecular weight excluding hydrogens is 570 g/mol. The van der Waals surface area contributed by atoms with Gasteiger partial charge in [-0.1, -0.05) is 12.2 Å². The van der Waals surface area contributed by atoms with Crippen molar-refractivity contribution >= 4 is 57.0 Å². The van der Waals surface area contributed by atoms with Crippen LogP contribution in [0.1, 0.15) is 49.4 Å². The number of imidazole rings is 1. The first kappa shape index (κ1) is 29.5. The summed E-state index contributed by atoms with van der Waals surface area (Å²) in [5.41, 5.74) is 14.0. The lowest BCUT2D eigenvalue weighted by molar-refractivity contribution is -0.383. The molecule has 0 atom stereocenters. The zero-order valence-corrected chi connectivity index (χ0v) is 24.1. The number of primary amides is 2. The van der Waals surface area contributed by atoms with E-state index in [0.29, 0.717) is 34.4 Å². The summed E-state index contributed by atoms with van der Waals surface area (Å²) in [6.45, 7) is 6.38. The Morgan fingerprint density at radius 3 is 2.57 bits per heavy atom. The third-order valence-corrected chi connectivity index (χ3v) is 7.01. The standard InChI is InChI=1S/C29H29N9O6/c1-4-37-22(12-16(3)35-37)28(41)34-29-33-20-13-17(26(30)39)11-15(2)24(20)36(29)9-6-5-8-32-23-21(38(42)43)14-19(27(31)40)18-7-10-44-25(18)23/h5-7,10-14,32H,4,8-9H2,1-3H3,(H2,30,39)(H2,31,40)(H,33,34,41)/b6-5+. The van der Waals surface area contributed by atoms with E-state index in [2.05, 4.69) is 20.7 Å². The van der Waals surface area contributed by atoms with Gasteiger partial charge in [-0.3, -0.25) is 34.5 Å². The molecule has 226 valence electrons. The second kappa shape index (κ2) is 11.7. The zero-order valence-electron chi connectivity index (χ0n) is 24.1. The van der Waals surface area contributed by atoms with Crippen LogP contribution in [0.2, 0.25) is 0 Å². The predicted octanol–water partition coefficient (Wildman–Crippen LogP) is 3.64. The van der Waals surface area contributed by atoms with Gasteiger partial charge >= 0.3 is 0 Å². The first-order chi connectivity index (χ1) is 21.0. The fraction of sp³-hybridized carbons (Fsp3) is 0.207. The minimum absolute atomic E-state index is 0.0184. The molecule has 0 aliphatic rings. The summed E-state index contributed by atoms with van der Waals surface area (Å²) in [5.74, 6) is -1.58. The molecule has 0 radical (unpaired) electrons. The first-order valence-corrected chi connectivity index (χ1v) is 13.5. The molecule has 0 unspecified atom stereocenters. The third kappa shape index (κ3) is 5.45. The van der Waals surface area contributed by atoms with E-state index < -0.39 is 22.6 Å². The van der Waals surface area contributed by atoms with Gasteiger partial charge in [0.05, 0.1) is 33.5 Å². The maximum Gasteiger partial charge on any atom is 0.297 e. The van der Waals surface area contributed by atoms with E-state index in [1.54, 1.807) is 46.5 Å². The van der Waals surface area contributed by atoms with Crippen LogP contribution < -0.4 is 22.1 Å². The molecule has 0 fully saturated rings. The number of hydrogen-bond donors (Lipinski definition) is 4. The SMILES string of the molecule is CCn1nc(C)cc1C(=O)Nc1nc2cc(C(N)=O)cc(C)c2n1C/C=C/CNc1c([N+](=O)[O-])cc(C(N)=O)c2ccoc12. The molecule has 0 spiro atoms. The molecule has 2 aromatic carbocycles. The molecular formula is C29H29N9O6. The van der Waals surface area contributed by atoms with Crippen LogP contribution in [-0.4, -0.2) is 48.5 Å². The van der Waals surface area contributed by atoms with Crippen LogP contribution in [0.5, 0.6) is 0 Å². The van der Waals surface area contributed by atoms with Crippen molar-refractivity contribution in [2.75, 3.05) is 17.2 Å². The number of furan rings is 1. The maximum atomic E-state index is 13.2. The van der Waals surface area contributed by atoms with E-state index in [0.717, 1.165) is 11.6 Å². The Bertz CT molecular complexity index is 2000. The number of nitrogens with two attached hydrogens (primary N) is 2. The monoisotopic (exact) mass is 599 g/mol. The van der Waals surface area contributed by atoms with Crippen LogP contribution >= 0.6 is 0 Å². The van der Waals surface area contributed by atoms with Crippen molar-refractivity contribution in [3.05, 3.63) is 86.9 Å². The number of hydrogen-bond acceptors (Lipinski definition) is 9. The van der Waals surface area contributed by atoms with E-state index in [-0.39, 0.29) is 47.1 Å². The van der Waals surface area contributed by atoms with Gasteiger partial charge in [0.2, 0.25) is 17.8 Å². The molecule has 15 nitrogen and oxygen atoms in total. The third-order valence-electron chi connectivity index (χ3n) is 7.01. The number of anilines is 2. The topological polar surface area (TPSA) is 219 Å². The van der Waals surface area contributed by atoms with Crippen LogP contribution in [0.15, 0.2) is 53.2 Å². The largest absolute Gasteiger partial charge is 0.462 e. The molecule has 5 aromatic rings. The second-order valence-electron chi connectivity index (χ2n) is 9.97. The molecule has 3 amide bonds. The lowest BCUT2D eigenvalue weighted by Crippen LogP contribution is -2.20. The normalized spacial score (nSPS) is 11.4. The van der Waals surface area contributed by atoms with Crippen molar-refractivity contribution in [3.8, 4) is 0 Å². The highest BCUT2D eigenvalue weighted by molar-refractivity contribution is 6.10. The number of fused-ring (bicyclic) bond motifs is 2. The number of carbonyl (C=O) groups is 3. The maximum absolute atomic E-state index is 13.2. The van der Waals surface area contributed by atoms with Gasteiger partial charge in [0.1, 0.15) is 5.69 Å². The van der Waals surface area contributed by atoms with Crippen molar-refractivity contribution < 1.29 is 23.7 Å². The van der Waals surface area contributed by atoms with Gasteiger partial charge in [-0.25, -0.2) is 4.98 Å². The number of carbonyl (C=O) groups excluding carboxylic acids is 3. The molecule has 0 aliphatic carbocycles. The van der Waals surface area contributed by atoms with Crippen molar-refractivity contribution in [2.24, 2.45) is 11.5 Å². The Kier molecular flexibility index (Phi) is 7.85. The molecule has 6 N–H and O–H groups in total. The Morgan fingerprint density at radius 1 is 1.11 bits per heavy atom. The number of nitrogens with one attached hydrogen (secondary N) is 2. The Hall–Kier alpha value is -5.99. The fourth-order valence-electron chi connectivity index (χ4n) is 5.09. The molecule has 0 bridgehead atoms. The van der Waals surface area contributed by atoms with Crippen molar-refractivity contribution in [3.63, 3.8) is 0 Å². The fourth-order valence-corrected chi connectivity index (χ4v) is 5.09. The van der Waals surface area contributed by atoms with Crippen LogP contribution in [0, 0.1) is 24.0 Å². The number of allylic oxidation sites excluding steroid dienone is 1. The number of benzene rings is 2. The van der Waals surface area contributed by atoms with E-state index in [1.165, 1.54) is 12.3 Å². The van der Waals surface area contributed by atoms with E-state index in [4.69, 9.17) is 15.9 Å². The average molecular weight is 600 g/mol. The summed E-state index contributed by atoms with van der Waals surface area (Å²) in [5, 5.41) is 22.3. The number of aryl methyl sites for hydroxylation is 3. The van der Waals surface area contributed by atoms with Gasteiger partial charge in [0.15, 0.2) is 11.3 Å². The molecule has 5 rings (SSSR count). The quantitative estimate of drug-likeness (QED) is 0.0987. The summed E-state index contributed by atoms with van der Waals surface area (Å²) in [6, 6.07) is 7.53. The number of nitro benzene ring substituents is 1. The highest BCUT2D eigenvalue weighted by Crippen LogP contribution is 2.36. The lowest BCUT2D eigenvalue weighted by Gasteiger charge is -2.11. The van der Waals surface area contributed by atoms with Gasteiger partial charge in [0.25, 0.3) is 11.6 Å². The van der Waals surface area contributed by atoms with Gasteiger partial charge in [-0.15, -0.1) is 0 Å². The van der Waals surface area contributed by atoms with E-state index in [9.17, 15) is 24.5 Å². The van der Waals surface area contributed by atoms with Crippen molar-refractivity contribution in [1.29, 1.82) is 0 Å². The first-order valence-electron chi connectivity index (χ1n) is 13.5. The minimum atomic E-state index is -0.811. The van der Waals surface area contributed by atoms with Gasteiger partial charge < -0.3 is 25.8 Å². The van der Waals surface area contributed by atoms with Crippen molar-refractivity contribution in [2.45, 2.75) is 33.9 Å². The van der Waals surface area contributed by atoms with Crippen LogP contribution in [0.3, 0.4) is 0 Å². The van der Waals surface area contributed by atoms with Crippen molar-refractivity contribution in [1.82, 2.24) is 19.3 Å². The molecule has 15 heteroatoms. The Balaban J connectivity index is 1.44. The Morgan fingerprint density at radius 2 is 1.89 bits per heavy atom. The molecule has 3 aromatic heterocycles. The molecule has 0 saturated carbocycles. The van der Waals surface area contributed by atoms with E-state index >= 15 is 0 Å². The smallest absolute Gasteiger partial charge is 0.297 e. The number of rotatable bonds is 11. The van der Waals surface area contributed by atoms with Crippen LogP contribution in [0.25, 0.3) is 22.0 Å². The van der Waals surface area contributed by atoms with Crippen LogP contribution in [-0.2, 0) is 13.1 Å². The van der Waals surface area contributed by atoms with Crippen LogP contribution in [0.4, 0.5) is 17.3 Å².